The summed E-state index contributed by atoms with van der Waals surface area (Å²) in [7, 11) is 0. The van der Waals surface area contributed by atoms with E-state index in [9.17, 15) is 9.59 Å². The van der Waals surface area contributed by atoms with Crippen LogP contribution in [0.4, 0.5) is 0 Å². The normalized spacial score (nSPS) is 16.2. The Morgan fingerprint density at radius 3 is 2.79 bits per heavy atom. The summed E-state index contributed by atoms with van der Waals surface area (Å²) in [6.45, 7) is 4.83. The van der Waals surface area contributed by atoms with Crippen LogP contribution in [0.5, 0.6) is 5.75 Å². The van der Waals surface area contributed by atoms with Crippen LogP contribution in [0, 0.1) is 0 Å². The van der Waals surface area contributed by atoms with Gasteiger partial charge in [0.05, 0.1) is 11.1 Å². The minimum Gasteiger partial charge on any atom is -0.492 e. The summed E-state index contributed by atoms with van der Waals surface area (Å²) in [4.78, 5) is 39.3. The predicted octanol–water partition coefficient (Wildman–Crippen LogP) is 3.32. The zero-order chi connectivity index (χ0) is 23.3. The van der Waals surface area contributed by atoms with Crippen LogP contribution in [0.3, 0.4) is 0 Å². The largest absolute Gasteiger partial charge is 0.492 e. The van der Waals surface area contributed by atoms with E-state index in [1.807, 2.05) is 35.2 Å². The molecule has 9 heteroatoms. The monoisotopic (exact) mass is 498 g/mol. The van der Waals surface area contributed by atoms with E-state index in [4.69, 9.17) is 4.74 Å². The molecule has 0 radical (unpaired) electrons. The van der Waals surface area contributed by atoms with Crippen molar-refractivity contribution in [3.63, 3.8) is 0 Å². The first-order chi connectivity index (χ1) is 16.7. The van der Waals surface area contributed by atoms with Crippen LogP contribution < -0.4 is 10.3 Å². The van der Waals surface area contributed by atoms with Gasteiger partial charge in [-0.3, -0.25) is 14.5 Å². The van der Waals surface area contributed by atoms with Crippen molar-refractivity contribution in [2.45, 2.75) is 31.4 Å². The summed E-state index contributed by atoms with van der Waals surface area (Å²) in [6, 6.07) is 9.86. The molecule has 1 aromatic carbocycles. The van der Waals surface area contributed by atoms with Crippen molar-refractivity contribution in [1.82, 2.24) is 19.8 Å². The van der Waals surface area contributed by atoms with Gasteiger partial charge >= 0.3 is 0 Å². The van der Waals surface area contributed by atoms with Gasteiger partial charge in [0.2, 0.25) is 5.91 Å². The average Bonchev–Trinajstić information content (AvgIpc) is 3.44. The van der Waals surface area contributed by atoms with E-state index >= 15 is 0 Å². The zero-order valence-corrected chi connectivity index (χ0v) is 20.9. The first-order valence-corrected chi connectivity index (χ1v) is 13.9. The van der Waals surface area contributed by atoms with E-state index in [1.54, 1.807) is 23.1 Å². The number of amides is 1. The number of fused-ring (bicyclic) bond motifs is 3. The van der Waals surface area contributed by atoms with Crippen LogP contribution in [0.1, 0.15) is 29.1 Å². The van der Waals surface area contributed by atoms with Crippen molar-refractivity contribution in [2.75, 3.05) is 45.1 Å². The van der Waals surface area contributed by atoms with Gasteiger partial charge in [-0.1, -0.05) is 18.2 Å². The molecular formula is C25H30N4O3S2. The molecule has 34 heavy (non-hydrogen) atoms. The van der Waals surface area contributed by atoms with Gasteiger partial charge in [-0.15, -0.1) is 11.3 Å². The van der Waals surface area contributed by atoms with Gasteiger partial charge in [-0.05, 0) is 37.0 Å². The zero-order valence-electron chi connectivity index (χ0n) is 19.3. The lowest BCUT2D eigenvalue weighted by Crippen LogP contribution is -2.49. The van der Waals surface area contributed by atoms with E-state index in [0.717, 1.165) is 73.7 Å². The van der Waals surface area contributed by atoms with Crippen molar-refractivity contribution >= 4 is 39.2 Å². The third-order valence-corrected chi connectivity index (χ3v) is 8.62. The number of aromatic amines is 1. The molecule has 1 fully saturated rings. The third-order valence-electron chi connectivity index (χ3n) is 6.47. The Morgan fingerprint density at radius 1 is 1.15 bits per heavy atom. The molecule has 1 aliphatic carbocycles. The summed E-state index contributed by atoms with van der Waals surface area (Å²) in [5.74, 6) is 3.16. The molecule has 180 valence electrons. The maximum absolute atomic E-state index is 12.6. The van der Waals surface area contributed by atoms with E-state index in [0.29, 0.717) is 24.6 Å². The molecule has 0 saturated carbocycles. The Hall–Kier alpha value is -2.36. The number of ether oxygens (including phenoxy) is 1. The summed E-state index contributed by atoms with van der Waals surface area (Å²) in [6.07, 6.45) is 3.71. The SMILES string of the molecule is O=C(CCSCc1nc2sc3c(c2c(=O)[nH]1)CCC3)N1CCN(CCOc2ccccc2)CC1. The van der Waals surface area contributed by atoms with E-state index in [-0.39, 0.29) is 11.5 Å². The standard InChI is InChI=1S/C25H30N4O3S2/c30-22(29-12-10-28(11-13-29)14-15-32-18-5-2-1-3-6-18)9-16-33-17-21-26-24(31)23-19-7-4-8-20(19)34-25(23)27-21/h1-3,5-6H,4,7-17H2,(H,26,27,31). The lowest BCUT2D eigenvalue weighted by atomic mass is 10.2. The summed E-state index contributed by atoms with van der Waals surface area (Å²) in [5.41, 5.74) is 1.20. The molecule has 7 nitrogen and oxygen atoms in total. The number of rotatable bonds is 9. The summed E-state index contributed by atoms with van der Waals surface area (Å²) in [5, 5.41) is 0.798. The average molecular weight is 499 g/mol. The molecule has 2 aromatic heterocycles. The second kappa shape index (κ2) is 10.9. The molecule has 1 aliphatic heterocycles. The molecule has 0 bridgehead atoms. The van der Waals surface area contributed by atoms with Crippen molar-refractivity contribution in [3.8, 4) is 5.75 Å². The number of piperazine rings is 1. The van der Waals surface area contributed by atoms with Crippen LogP contribution in [-0.2, 0) is 23.4 Å². The van der Waals surface area contributed by atoms with Gasteiger partial charge in [-0.25, -0.2) is 4.98 Å². The number of carbonyl (C=O) groups excluding carboxylic acids is 1. The molecule has 2 aliphatic rings. The Kier molecular flexibility index (Phi) is 7.51. The van der Waals surface area contributed by atoms with Gasteiger partial charge in [0.25, 0.3) is 5.56 Å². The van der Waals surface area contributed by atoms with Crippen LogP contribution in [-0.4, -0.2) is 70.8 Å². The van der Waals surface area contributed by atoms with Crippen molar-refractivity contribution in [2.24, 2.45) is 0 Å². The number of H-pyrrole nitrogens is 1. The number of benzene rings is 1. The highest BCUT2D eigenvalue weighted by atomic mass is 32.2. The molecule has 0 unspecified atom stereocenters. The molecule has 1 amide bonds. The topological polar surface area (TPSA) is 78.5 Å². The number of aromatic nitrogens is 2. The molecule has 1 saturated heterocycles. The Morgan fingerprint density at radius 2 is 1.97 bits per heavy atom. The highest BCUT2D eigenvalue weighted by Gasteiger charge is 2.22. The second-order valence-electron chi connectivity index (χ2n) is 8.74. The number of nitrogens with zero attached hydrogens (tertiary/aromatic N) is 3. The molecular weight excluding hydrogens is 468 g/mol. The Labute approximate surface area is 207 Å². The van der Waals surface area contributed by atoms with Gasteiger partial charge < -0.3 is 14.6 Å². The predicted molar refractivity (Wildman–Crippen MR) is 138 cm³/mol. The molecule has 5 rings (SSSR count). The van der Waals surface area contributed by atoms with E-state index < -0.39 is 0 Å². The fraction of sp³-hybridized carbons (Fsp3) is 0.480. The van der Waals surface area contributed by atoms with Gasteiger partial charge in [0.15, 0.2) is 0 Å². The van der Waals surface area contributed by atoms with Crippen molar-refractivity contribution < 1.29 is 9.53 Å². The number of aryl methyl sites for hydroxylation is 2. The van der Waals surface area contributed by atoms with Gasteiger partial charge in [0.1, 0.15) is 23.0 Å². The summed E-state index contributed by atoms with van der Waals surface area (Å²) < 4.78 is 5.78. The number of para-hydroxylation sites is 1. The third kappa shape index (κ3) is 5.47. The lowest BCUT2D eigenvalue weighted by Gasteiger charge is -2.34. The van der Waals surface area contributed by atoms with E-state index in [2.05, 4.69) is 14.9 Å². The fourth-order valence-electron chi connectivity index (χ4n) is 4.63. The van der Waals surface area contributed by atoms with Crippen LogP contribution >= 0.6 is 23.1 Å². The maximum atomic E-state index is 12.6. The highest BCUT2D eigenvalue weighted by Crippen LogP contribution is 2.34. The molecule has 3 heterocycles. The van der Waals surface area contributed by atoms with Gasteiger partial charge in [0, 0.05) is 49.8 Å². The number of nitrogens with one attached hydrogen (secondary N) is 1. The minimum absolute atomic E-state index is 0.0110. The summed E-state index contributed by atoms with van der Waals surface area (Å²) >= 11 is 3.32. The van der Waals surface area contributed by atoms with Gasteiger partial charge in [-0.2, -0.15) is 11.8 Å². The number of thioether (sulfide) groups is 1. The minimum atomic E-state index is -0.0110. The van der Waals surface area contributed by atoms with E-state index in [1.165, 1.54) is 10.4 Å². The van der Waals surface area contributed by atoms with Crippen LogP contribution in [0.15, 0.2) is 35.1 Å². The lowest BCUT2D eigenvalue weighted by molar-refractivity contribution is -0.132. The second-order valence-corrected chi connectivity index (χ2v) is 10.9. The number of carbonyl (C=O) groups is 1. The van der Waals surface area contributed by atoms with Crippen LogP contribution in [0.2, 0.25) is 0 Å². The number of hydrogen-bond acceptors (Lipinski definition) is 7. The van der Waals surface area contributed by atoms with Crippen molar-refractivity contribution in [3.05, 3.63) is 57.0 Å². The fourth-order valence-corrected chi connectivity index (χ4v) is 6.71. The Bertz CT molecular complexity index is 1190. The first-order valence-electron chi connectivity index (χ1n) is 12.0. The number of thiophene rings is 1. The Balaban J connectivity index is 1.01. The smallest absolute Gasteiger partial charge is 0.259 e. The maximum Gasteiger partial charge on any atom is 0.259 e. The quantitative estimate of drug-likeness (QED) is 0.456. The van der Waals surface area contributed by atoms with Crippen LogP contribution in [0.25, 0.3) is 10.2 Å². The molecule has 0 spiro atoms. The molecule has 3 aromatic rings. The first kappa shape index (κ1) is 23.4. The highest BCUT2D eigenvalue weighted by molar-refractivity contribution is 7.98. The molecule has 1 N–H and O–H groups in total. The molecule has 0 atom stereocenters. The van der Waals surface area contributed by atoms with Crippen molar-refractivity contribution in [1.29, 1.82) is 0 Å². The number of hydrogen-bond donors (Lipinski definition) is 1.